The van der Waals surface area contributed by atoms with E-state index >= 15 is 0 Å². The minimum absolute atomic E-state index is 0.00191. The van der Waals surface area contributed by atoms with Crippen molar-refractivity contribution in [3.05, 3.63) is 128 Å². The number of hydrogen-bond acceptors (Lipinski definition) is 5. The Morgan fingerprint density at radius 1 is 0.860 bits per heavy atom. The van der Waals surface area contributed by atoms with Crippen LogP contribution in [0.1, 0.15) is 18.1 Å². The molecule has 1 N–H and O–H groups in total. The fraction of sp³-hybridized carbons (Fsp3) is 0.114. The number of hydrogen-bond donors (Lipinski definition) is 1. The van der Waals surface area contributed by atoms with Crippen LogP contribution in [0.25, 0.3) is 32.6 Å². The second-order valence-corrected chi connectivity index (χ2v) is 11.1. The summed E-state index contributed by atoms with van der Waals surface area (Å²) >= 11 is 2.22. The van der Waals surface area contributed by atoms with Gasteiger partial charge in [0.25, 0.3) is 5.91 Å². The molecule has 0 saturated carbocycles. The number of halogens is 1. The lowest BCUT2D eigenvalue weighted by Gasteiger charge is -2.15. The number of benzene rings is 5. The smallest absolute Gasteiger partial charge is 0.260 e. The molecule has 6 rings (SSSR count). The van der Waals surface area contributed by atoms with Crippen LogP contribution < -0.4 is 20.3 Å². The van der Waals surface area contributed by atoms with Crippen LogP contribution in [0.15, 0.2) is 113 Å². The highest BCUT2D eigenvalue weighted by Crippen LogP contribution is 2.34. The highest BCUT2D eigenvalue weighted by atomic mass is 127. The molecule has 0 atom stereocenters. The van der Waals surface area contributed by atoms with Gasteiger partial charge >= 0.3 is 0 Å². The van der Waals surface area contributed by atoms with Gasteiger partial charge in [-0.05, 0) is 93.9 Å². The van der Waals surface area contributed by atoms with Gasteiger partial charge < -0.3 is 14.0 Å². The Bertz CT molecular complexity index is 2010. The monoisotopic (exact) mass is 681 g/mol. The Morgan fingerprint density at radius 2 is 1.53 bits per heavy atom. The SMILES string of the molecule is CCOc1cc(/C=N/NC(=O)Cn2c3ccccc3c(=O)c3ccccc32)cc(I)c1OCc1ccc2ccccc2c1. The number of para-hydroxylation sites is 2. The summed E-state index contributed by atoms with van der Waals surface area (Å²) in [6.45, 7) is 2.80. The van der Waals surface area contributed by atoms with Gasteiger partial charge in [0.05, 0.1) is 27.4 Å². The third kappa shape index (κ3) is 6.10. The van der Waals surface area contributed by atoms with Gasteiger partial charge in [0, 0.05) is 10.8 Å². The Hall–Kier alpha value is -4.70. The molecule has 1 heterocycles. The topological polar surface area (TPSA) is 81.9 Å². The minimum Gasteiger partial charge on any atom is -0.490 e. The van der Waals surface area contributed by atoms with Crippen LogP contribution in [0.2, 0.25) is 0 Å². The van der Waals surface area contributed by atoms with Crippen molar-refractivity contribution >= 4 is 67.3 Å². The molecule has 43 heavy (non-hydrogen) atoms. The third-order valence-electron chi connectivity index (χ3n) is 7.11. The van der Waals surface area contributed by atoms with Gasteiger partial charge in [-0.2, -0.15) is 5.10 Å². The Kier molecular flexibility index (Phi) is 8.37. The Morgan fingerprint density at radius 3 is 2.26 bits per heavy atom. The zero-order valence-corrected chi connectivity index (χ0v) is 25.6. The number of rotatable bonds is 9. The normalized spacial score (nSPS) is 11.4. The average Bonchev–Trinajstić information content (AvgIpc) is 3.03. The van der Waals surface area contributed by atoms with Gasteiger partial charge in [-0.1, -0.05) is 60.7 Å². The van der Waals surface area contributed by atoms with Crippen LogP contribution in [-0.4, -0.2) is 23.3 Å². The van der Waals surface area contributed by atoms with Crippen molar-refractivity contribution in [3.8, 4) is 11.5 Å². The van der Waals surface area contributed by atoms with Gasteiger partial charge in [0.2, 0.25) is 0 Å². The van der Waals surface area contributed by atoms with E-state index in [0.717, 1.165) is 14.7 Å². The summed E-state index contributed by atoms with van der Waals surface area (Å²) in [5, 5.41) is 7.70. The summed E-state index contributed by atoms with van der Waals surface area (Å²) in [5.41, 5.74) is 5.79. The Labute approximate surface area is 261 Å². The van der Waals surface area contributed by atoms with E-state index in [9.17, 15) is 9.59 Å². The maximum atomic E-state index is 13.0. The lowest BCUT2D eigenvalue weighted by atomic mass is 10.1. The molecule has 0 bridgehead atoms. The van der Waals surface area contributed by atoms with Crippen LogP contribution in [0.4, 0.5) is 0 Å². The molecule has 0 radical (unpaired) electrons. The van der Waals surface area contributed by atoms with Crippen molar-refractivity contribution in [1.82, 2.24) is 9.99 Å². The van der Waals surface area contributed by atoms with E-state index < -0.39 is 0 Å². The zero-order valence-electron chi connectivity index (χ0n) is 23.4. The molecule has 0 aliphatic carbocycles. The standard InChI is InChI=1S/C35H28IN3O4/c1-2-42-32-19-24(18-29(36)35(32)43-22-23-15-16-25-9-3-4-10-26(25)17-23)20-37-38-33(40)21-39-30-13-7-5-11-27(30)34(41)28-12-6-8-14-31(28)39/h3-20H,2,21-22H2,1H3,(H,38,40)/b37-20+. The van der Waals surface area contributed by atoms with Gasteiger partial charge in [0.1, 0.15) is 13.2 Å². The lowest BCUT2D eigenvalue weighted by molar-refractivity contribution is -0.121. The highest BCUT2D eigenvalue weighted by molar-refractivity contribution is 14.1. The number of fused-ring (bicyclic) bond motifs is 3. The molecule has 0 saturated heterocycles. The summed E-state index contributed by atoms with van der Waals surface area (Å²) in [5.74, 6) is 0.952. The summed E-state index contributed by atoms with van der Waals surface area (Å²) < 4.78 is 14.8. The molecule has 1 amide bonds. The van der Waals surface area contributed by atoms with Crippen molar-refractivity contribution in [2.75, 3.05) is 6.61 Å². The molecule has 5 aromatic carbocycles. The highest BCUT2D eigenvalue weighted by Gasteiger charge is 2.14. The van der Waals surface area contributed by atoms with E-state index in [1.54, 1.807) is 18.3 Å². The second-order valence-electron chi connectivity index (χ2n) is 9.98. The van der Waals surface area contributed by atoms with Crippen LogP contribution in [0.3, 0.4) is 0 Å². The molecular weight excluding hydrogens is 653 g/mol. The Balaban J connectivity index is 1.18. The number of nitrogens with one attached hydrogen (secondary N) is 1. The third-order valence-corrected chi connectivity index (χ3v) is 7.91. The predicted octanol–water partition coefficient (Wildman–Crippen LogP) is 7.04. The first-order valence-electron chi connectivity index (χ1n) is 13.9. The lowest BCUT2D eigenvalue weighted by Crippen LogP contribution is -2.25. The zero-order chi connectivity index (χ0) is 29.8. The first-order valence-corrected chi connectivity index (χ1v) is 15.0. The second kappa shape index (κ2) is 12.7. The van der Waals surface area contributed by atoms with Crippen LogP contribution >= 0.6 is 22.6 Å². The molecule has 7 nitrogen and oxygen atoms in total. The number of pyridine rings is 1. The van der Waals surface area contributed by atoms with Crippen LogP contribution in [0.5, 0.6) is 11.5 Å². The predicted molar refractivity (Wildman–Crippen MR) is 180 cm³/mol. The van der Waals surface area contributed by atoms with Crippen molar-refractivity contribution in [1.29, 1.82) is 0 Å². The summed E-state index contributed by atoms with van der Waals surface area (Å²) in [6, 6.07) is 32.9. The maximum Gasteiger partial charge on any atom is 0.260 e. The molecule has 0 unspecified atom stereocenters. The maximum absolute atomic E-state index is 13.0. The van der Waals surface area contributed by atoms with Crippen molar-refractivity contribution in [2.24, 2.45) is 5.10 Å². The fourth-order valence-electron chi connectivity index (χ4n) is 5.15. The first-order chi connectivity index (χ1) is 21.0. The molecule has 0 aliphatic heterocycles. The number of ether oxygens (including phenoxy) is 2. The summed E-state index contributed by atoms with van der Waals surface area (Å²) in [4.78, 5) is 26.0. The number of aromatic nitrogens is 1. The number of amides is 1. The molecule has 0 fully saturated rings. The molecule has 8 heteroatoms. The van der Waals surface area contributed by atoms with E-state index in [4.69, 9.17) is 9.47 Å². The molecule has 6 aromatic rings. The number of nitrogens with zero attached hydrogens (tertiary/aromatic N) is 2. The molecule has 0 spiro atoms. The molecular formula is C35H28IN3O4. The van der Waals surface area contributed by atoms with E-state index in [-0.39, 0.29) is 17.9 Å². The van der Waals surface area contributed by atoms with E-state index in [1.165, 1.54) is 10.8 Å². The number of carbonyl (C=O) groups excluding carboxylic acids is 1. The average molecular weight is 682 g/mol. The van der Waals surface area contributed by atoms with Gasteiger partial charge in [-0.3, -0.25) is 9.59 Å². The first kappa shape index (κ1) is 28.4. The fourth-order valence-corrected chi connectivity index (χ4v) is 5.94. The number of carbonyl (C=O) groups is 1. The molecule has 1 aromatic heterocycles. The summed E-state index contributed by atoms with van der Waals surface area (Å²) in [7, 11) is 0. The molecule has 214 valence electrons. The van der Waals surface area contributed by atoms with Gasteiger partial charge in [-0.25, -0.2) is 5.43 Å². The number of hydrazone groups is 1. The minimum atomic E-state index is -0.315. The van der Waals surface area contributed by atoms with E-state index in [2.05, 4.69) is 63.4 Å². The van der Waals surface area contributed by atoms with Gasteiger partial charge in [-0.15, -0.1) is 0 Å². The largest absolute Gasteiger partial charge is 0.490 e. The van der Waals surface area contributed by atoms with E-state index in [0.29, 0.717) is 46.5 Å². The van der Waals surface area contributed by atoms with Crippen LogP contribution in [0, 0.1) is 3.57 Å². The van der Waals surface area contributed by atoms with Gasteiger partial charge in [0.15, 0.2) is 16.9 Å². The van der Waals surface area contributed by atoms with E-state index in [1.807, 2.05) is 72.2 Å². The quantitative estimate of drug-likeness (QED) is 0.0769. The summed E-state index contributed by atoms with van der Waals surface area (Å²) in [6.07, 6.45) is 1.58. The van der Waals surface area contributed by atoms with Crippen molar-refractivity contribution in [2.45, 2.75) is 20.1 Å². The van der Waals surface area contributed by atoms with Crippen molar-refractivity contribution < 1.29 is 14.3 Å². The van der Waals surface area contributed by atoms with Crippen LogP contribution in [-0.2, 0) is 17.9 Å². The van der Waals surface area contributed by atoms with Crippen molar-refractivity contribution in [3.63, 3.8) is 0 Å². The molecule has 0 aliphatic rings.